The number of likely N-dealkylation sites (N-methyl/N-ethyl adjacent to an activating group) is 1. The van der Waals surface area contributed by atoms with Gasteiger partial charge in [0.1, 0.15) is 22.9 Å². The Kier molecular flexibility index (Phi) is 6.08. The van der Waals surface area contributed by atoms with Gasteiger partial charge in [0.15, 0.2) is 22.1 Å². The van der Waals surface area contributed by atoms with Crippen LogP contribution in [0.25, 0.3) is 0 Å². The number of fused-ring (bicyclic) bond motifs is 3. The maximum Gasteiger partial charge on any atom is 0.284 e. The van der Waals surface area contributed by atoms with E-state index in [1.807, 2.05) is 0 Å². The molecule has 1 aromatic carbocycles. The lowest BCUT2D eigenvalue weighted by molar-refractivity contribution is -0.148. The zero-order valence-electron chi connectivity index (χ0n) is 20.6. The average molecular weight is 559 g/mol. The maximum atomic E-state index is 15.3. The highest BCUT2D eigenvalue weighted by molar-refractivity contribution is 7.11. The van der Waals surface area contributed by atoms with Crippen molar-refractivity contribution in [3.63, 3.8) is 0 Å². The molecule has 0 spiro atoms. The highest BCUT2D eigenvalue weighted by atomic mass is 32.1. The number of carbonyl (C=O) groups is 4. The fourth-order valence-corrected chi connectivity index (χ4v) is 6.41. The molecule has 0 radical (unpaired) electrons. The Morgan fingerprint density at radius 1 is 1.26 bits per heavy atom. The van der Waals surface area contributed by atoms with E-state index < -0.39 is 92.3 Å². The number of phenols is 1. The second kappa shape index (κ2) is 8.97. The molecule has 14 heteroatoms. The van der Waals surface area contributed by atoms with E-state index in [0.717, 1.165) is 17.4 Å². The molecule has 12 nitrogen and oxygen atoms in total. The van der Waals surface area contributed by atoms with Gasteiger partial charge in [0.05, 0.1) is 17.3 Å². The van der Waals surface area contributed by atoms with Crippen LogP contribution in [0.15, 0.2) is 40.3 Å². The van der Waals surface area contributed by atoms with E-state index in [9.17, 15) is 39.6 Å². The lowest BCUT2D eigenvalue weighted by atomic mass is 9.58. The second-order valence-corrected chi connectivity index (χ2v) is 10.8. The Morgan fingerprint density at radius 2 is 1.95 bits per heavy atom. The molecule has 0 saturated carbocycles. The molecular formula is C25H23FN4O8S. The van der Waals surface area contributed by atoms with Crippen molar-refractivity contribution in [2.24, 2.45) is 17.6 Å². The van der Waals surface area contributed by atoms with Crippen molar-refractivity contribution in [3.05, 3.63) is 62.3 Å². The molecule has 0 bridgehead atoms. The highest BCUT2D eigenvalue weighted by Crippen LogP contribution is 2.53. The number of allylic oxidation sites excluding steroid dienone is 1. The number of aromatic nitrogens is 1. The molecule has 1 heterocycles. The summed E-state index contributed by atoms with van der Waals surface area (Å²) in [6, 6.07) is -0.293. The number of phenolic OH excluding ortho intramolecular Hbond substituents is 1. The van der Waals surface area contributed by atoms with Crippen LogP contribution in [-0.4, -0.2) is 79.4 Å². The summed E-state index contributed by atoms with van der Waals surface area (Å²) in [5, 5.41) is 48.4. The zero-order chi connectivity index (χ0) is 28.5. The number of anilines is 1. The van der Waals surface area contributed by atoms with Gasteiger partial charge in [-0.3, -0.25) is 24.1 Å². The summed E-state index contributed by atoms with van der Waals surface area (Å²) in [6.45, 7) is 0. The van der Waals surface area contributed by atoms with Crippen molar-refractivity contribution in [1.29, 1.82) is 0 Å². The molecule has 4 atom stereocenters. The number of aromatic hydroxyl groups is 1. The first-order valence-corrected chi connectivity index (χ1v) is 12.6. The summed E-state index contributed by atoms with van der Waals surface area (Å²) >= 11 is 0.996. The zero-order valence-corrected chi connectivity index (χ0v) is 21.4. The third kappa shape index (κ3) is 3.66. The summed E-state index contributed by atoms with van der Waals surface area (Å²) in [4.78, 5) is 56.7. The smallest absolute Gasteiger partial charge is 0.284 e. The highest BCUT2D eigenvalue weighted by Gasteiger charge is 2.63. The van der Waals surface area contributed by atoms with E-state index in [1.165, 1.54) is 30.6 Å². The van der Waals surface area contributed by atoms with Gasteiger partial charge in [0.25, 0.3) is 11.8 Å². The van der Waals surface area contributed by atoms with Crippen molar-refractivity contribution < 1.29 is 44.0 Å². The first kappa shape index (κ1) is 26.5. The van der Waals surface area contributed by atoms with Gasteiger partial charge in [-0.25, -0.2) is 9.37 Å². The van der Waals surface area contributed by atoms with Gasteiger partial charge in [-0.15, -0.1) is 11.3 Å². The monoisotopic (exact) mass is 558 g/mol. The molecule has 2 amide bonds. The Bertz CT molecular complexity index is 1530. The third-order valence-corrected chi connectivity index (χ3v) is 8.31. The number of carbonyl (C=O) groups excluding carboxylic acids is 4. The lowest BCUT2D eigenvalue weighted by Gasteiger charge is -2.50. The standard InChI is InChI=1S/C25H23FN4O8S/c1-30(2)16-10-6-8-5-9-11(26)7-12(29-23(37)24-28-3-4-39-24)17(31)14(9)18(32)13(8)20(34)25(10,38)21(35)15(19(16)33)22(27)36/h3-4,7-8,10,16,31,33-34,38H,5-6H2,1-2H3,(H2,27,36)(H,29,37)/t8-,10-,16-,25-/m0/s1. The molecule has 7 N–H and O–H groups in total. The minimum Gasteiger partial charge on any atom is -0.510 e. The Morgan fingerprint density at radius 3 is 2.54 bits per heavy atom. The summed E-state index contributed by atoms with van der Waals surface area (Å²) in [7, 11) is 3.01. The van der Waals surface area contributed by atoms with Crippen LogP contribution < -0.4 is 11.1 Å². The average Bonchev–Trinajstić information content (AvgIpc) is 3.39. The number of ketones is 2. The van der Waals surface area contributed by atoms with E-state index >= 15 is 4.39 Å². The van der Waals surface area contributed by atoms with Gasteiger partial charge in [-0.05, 0) is 32.9 Å². The molecule has 5 rings (SSSR count). The second-order valence-electron chi connectivity index (χ2n) is 9.86. The maximum absolute atomic E-state index is 15.3. The van der Waals surface area contributed by atoms with E-state index in [2.05, 4.69) is 10.3 Å². The van der Waals surface area contributed by atoms with Crippen LogP contribution in [0.4, 0.5) is 10.1 Å². The number of Topliss-reactive ketones (excluding diaryl/α,β-unsaturated/α-hetero) is 2. The summed E-state index contributed by atoms with van der Waals surface area (Å²) in [5.74, 6) is -10.1. The van der Waals surface area contributed by atoms with Gasteiger partial charge >= 0.3 is 0 Å². The molecule has 0 fully saturated rings. The molecular weight excluding hydrogens is 535 g/mol. The number of nitrogens with one attached hydrogen (secondary N) is 1. The number of halogens is 1. The van der Waals surface area contributed by atoms with Crippen LogP contribution in [0, 0.1) is 17.7 Å². The summed E-state index contributed by atoms with van der Waals surface area (Å²) < 4.78 is 15.3. The van der Waals surface area contributed by atoms with E-state index in [-0.39, 0.29) is 23.4 Å². The summed E-state index contributed by atoms with van der Waals surface area (Å²) in [6.07, 6.45) is 0.988. The van der Waals surface area contributed by atoms with E-state index in [1.54, 1.807) is 0 Å². The van der Waals surface area contributed by atoms with Gasteiger partial charge in [0.2, 0.25) is 5.78 Å². The van der Waals surface area contributed by atoms with Gasteiger partial charge < -0.3 is 31.5 Å². The number of nitrogens with two attached hydrogens (primary N) is 1. The minimum atomic E-state index is -2.81. The van der Waals surface area contributed by atoms with Crippen molar-refractivity contribution in [2.45, 2.75) is 24.5 Å². The Hall–Kier alpha value is -4.14. The molecule has 1 aromatic heterocycles. The molecule has 0 unspecified atom stereocenters. The van der Waals surface area contributed by atoms with Crippen molar-refractivity contribution >= 4 is 40.4 Å². The predicted molar refractivity (Wildman–Crippen MR) is 134 cm³/mol. The molecule has 0 saturated heterocycles. The Labute approximate surface area is 223 Å². The number of primary amides is 1. The summed E-state index contributed by atoms with van der Waals surface area (Å²) in [5.41, 5.74) is -0.0245. The SMILES string of the molecule is CN(C)[C@@H]1C(O)=C(C(N)=O)C(=O)[C@@]2(O)C(O)=C3C(=O)c4c(O)c(NC(=O)c5nccs5)cc(F)c4C[C@H]3C[C@@H]12. The van der Waals surface area contributed by atoms with Crippen molar-refractivity contribution in [1.82, 2.24) is 9.88 Å². The minimum absolute atomic E-state index is 0.0210. The van der Waals surface area contributed by atoms with E-state index in [4.69, 9.17) is 5.73 Å². The lowest BCUT2D eigenvalue weighted by Crippen LogP contribution is -2.63. The largest absolute Gasteiger partial charge is 0.510 e. The fourth-order valence-electron chi connectivity index (χ4n) is 5.88. The predicted octanol–water partition coefficient (Wildman–Crippen LogP) is 0.969. The van der Waals surface area contributed by atoms with Crippen LogP contribution in [-0.2, 0) is 16.0 Å². The van der Waals surface area contributed by atoms with Crippen LogP contribution in [0.5, 0.6) is 5.75 Å². The van der Waals surface area contributed by atoms with E-state index in [0.29, 0.717) is 0 Å². The normalized spacial score (nSPS) is 26.3. The number of hydrogen-bond donors (Lipinski definition) is 6. The number of benzene rings is 1. The number of nitrogens with zero attached hydrogens (tertiary/aromatic N) is 2. The number of aliphatic hydroxyl groups is 3. The molecule has 39 heavy (non-hydrogen) atoms. The van der Waals surface area contributed by atoms with Gasteiger partial charge in [0, 0.05) is 34.7 Å². The topological polar surface area (TPSA) is 203 Å². The number of rotatable bonds is 4. The molecule has 3 aliphatic rings. The van der Waals surface area contributed by atoms with Crippen LogP contribution in [0.1, 0.15) is 32.1 Å². The van der Waals surface area contributed by atoms with Crippen molar-refractivity contribution in [2.75, 3.05) is 19.4 Å². The molecule has 3 aliphatic carbocycles. The molecule has 2 aromatic rings. The number of aliphatic hydroxyl groups excluding tert-OH is 2. The first-order valence-electron chi connectivity index (χ1n) is 11.7. The van der Waals surface area contributed by atoms with Crippen LogP contribution >= 0.6 is 11.3 Å². The molecule has 204 valence electrons. The van der Waals surface area contributed by atoms with Gasteiger partial charge in [-0.1, -0.05) is 0 Å². The van der Waals surface area contributed by atoms with Crippen LogP contribution in [0.3, 0.4) is 0 Å². The first-order chi connectivity index (χ1) is 18.3. The van der Waals surface area contributed by atoms with Gasteiger partial charge in [-0.2, -0.15) is 0 Å². The fraction of sp³-hybridized carbons (Fsp3) is 0.320. The number of amides is 2. The number of hydrogen-bond acceptors (Lipinski definition) is 11. The third-order valence-electron chi connectivity index (χ3n) is 7.54. The van der Waals surface area contributed by atoms with Crippen LogP contribution in [0.2, 0.25) is 0 Å². The van der Waals surface area contributed by atoms with Crippen molar-refractivity contribution in [3.8, 4) is 5.75 Å². The number of thiazole rings is 1. The molecule has 0 aliphatic heterocycles. The quantitative estimate of drug-likeness (QED) is 0.232. The Balaban J connectivity index is 1.65.